The van der Waals surface area contributed by atoms with Gasteiger partial charge in [0, 0.05) is 12.1 Å². The standard InChI is InChI=1S/C17H24F3N/c1-3-15(13-10-8-12(2)9-11-13)21-16-7-5-4-6-14(16)17(18,19)20/h8-11,14-16,21H,3-7H2,1-2H3. The van der Waals surface area contributed by atoms with Gasteiger partial charge in [0.05, 0.1) is 5.92 Å². The predicted octanol–water partition coefficient (Wildman–Crippen LogP) is 5.16. The summed E-state index contributed by atoms with van der Waals surface area (Å²) in [6.45, 7) is 4.03. The number of aryl methyl sites for hydroxylation is 1. The summed E-state index contributed by atoms with van der Waals surface area (Å²) in [4.78, 5) is 0. The number of rotatable bonds is 4. The molecule has 2 rings (SSSR count). The van der Waals surface area contributed by atoms with E-state index in [1.807, 2.05) is 38.1 Å². The van der Waals surface area contributed by atoms with Crippen LogP contribution in [0, 0.1) is 12.8 Å². The van der Waals surface area contributed by atoms with Crippen molar-refractivity contribution < 1.29 is 13.2 Å². The lowest BCUT2D eigenvalue weighted by atomic mass is 9.83. The lowest BCUT2D eigenvalue weighted by molar-refractivity contribution is -0.189. The van der Waals surface area contributed by atoms with E-state index in [-0.39, 0.29) is 12.5 Å². The first-order valence-electron chi connectivity index (χ1n) is 7.81. The second-order valence-electron chi connectivity index (χ2n) is 6.08. The van der Waals surface area contributed by atoms with Crippen molar-refractivity contribution in [3.05, 3.63) is 35.4 Å². The molecule has 1 saturated carbocycles. The molecule has 0 bridgehead atoms. The SMILES string of the molecule is CCC(NC1CCCCC1C(F)(F)F)c1ccc(C)cc1. The number of alkyl halides is 3. The molecule has 3 unspecified atom stereocenters. The molecule has 1 aromatic carbocycles. The highest BCUT2D eigenvalue weighted by molar-refractivity contribution is 5.24. The molecule has 0 aliphatic heterocycles. The van der Waals surface area contributed by atoms with Gasteiger partial charge >= 0.3 is 6.18 Å². The third-order valence-electron chi connectivity index (χ3n) is 4.49. The molecule has 1 fully saturated rings. The van der Waals surface area contributed by atoms with Crippen LogP contribution < -0.4 is 5.32 Å². The van der Waals surface area contributed by atoms with Crippen molar-refractivity contribution in [3.8, 4) is 0 Å². The highest BCUT2D eigenvalue weighted by Crippen LogP contribution is 2.38. The second-order valence-corrected chi connectivity index (χ2v) is 6.08. The number of halogens is 3. The van der Waals surface area contributed by atoms with Crippen LogP contribution in [0.2, 0.25) is 0 Å². The van der Waals surface area contributed by atoms with Gasteiger partial charge in [-0.1, -0.05) is 49.6 Å². The smallest absolute Gasteiger partial charge is 0.307 e. The van der Waals surface area contributed by atoms with E-state index in [9.17, 15) is 13.2 Å². The molecule has 0 radical (unpaired) electrons. The van der Waals surface area contributed by atoms with Crippen LogP contribution in [0.1, 0.15) is 56.2 Å². The van der Waals surface area contributed by atoms with Crippen molar-refractivity contribution in [1.29, 1.82) is 0 Å². The van der Waals surface area contributed by atoms with Crippen molar-refractivity contribution in [1.82, 2.24) is 5.32 Å². The van der Waals surface area contributed by atoms with Gasteiger partial charge in [-0.25, -0.2) is 0 Å². The molecule has 1 aliphatic carbocycles. The van der Waals surface area contributed by atoms with Crippen molar-refractivity contribution in [2.24, 2.45) is 5.92 Å². The van der Waals surface area contributed by atoms with Gasteiger partial charge in [0.25, 0.3) is 0 Å². The quantitative estimate of drug-likeness (QED) is 0.810. The van der Waals surface area contributed by atoms with Gasteiger partial charge < -0.3 is 5.32 Å². The highest BCUT2D eigenvalue weighted by Gasteiger charge is 2.45. The van der Waals surface area contributed by atoms with E-state index in [0.717, 1.165) is 18.4 Å². The monoisotopic (exact) mass is 299 g/mol. The van der Waals surface area contributed by atoms with Gasteiger partial charge in [0.15, 0.2) is 0 Å². The molecule has 3 atom stereocenters. The molecule has 0 aromatic heterocycles. The lowest BCUT2D eigenvalue weighted by Crippen LogP contribution is -2.46. The van der Waals surface area contributed by atoms with E-state index >= 15 is 0 Å². The Morgan fingerprint density at radius 2 is 1.76 bits per heavy atom. The number of hydrogen-bond acceptors (Lipinski definition) is 1. The summed E-state index contributed by atoms with van der Waals surface area (Å²) in [6, 6.07) is 7.61. The van der Waals surface area contributed by atoms with Crippen molar-refractivity contribution >= 4 is 0 Å². The summed E-state index contributed by atoms with van der Waals surface area (Å²) in [5, 5.41) is 3.28. The summed E-state index contributed by atoms with van der Waals surface area (Å²) in [5.74, 6) is -1.20. The van der Waals surface area contributed by atoms with Crippen LogP contribution in [0.3, 0.4) is 0 Å². The van der Waals surface area contributed by atoms with Crippen LogP contribution in [0.15, 0.2) is 24.3 Å². The fraction of sp³-hybridized carbons (Fsp3) is 0.647. The first-order valence-corrected chi connectivity index (χ1v) is 7.81. The maximum atomic E-state index is 13.2. The van der Waals surface area contributed by atoms with Crippen molar-refractivity contribution in [2.45, 2.75) is 64.2 Å². The molecule has 1 aromatic rings. The highest BCUT2D eigenvalue weighted by atomic mass is 19.4. The Balaban J connectivity index is 2.10. The van der Waals surface area contributed by atoms with Crippen molar-refractivity contribution in [2.75, 3.05) is 0 Å². The Hall–Kier alpha value is -1.03. The summed E-state index contributed by atoms with van der Waals surface area (Å²) in [7, 11) is 0. The molecular formula is C17H24F3N. The molecule has 118 valence electrons. The van der Waals surface area contributed by atoms with E-state index in [4.69, 9.17) is 0 Å². The Bertz CT molecular complexity index is 438. The maximum absolute atomic E-state index is 13.2. The van der Waals surface area contributed by atoms with E-state index in [1.54, 1.807) is 0 Å². The van der Waals surface area contributed by atoms with Gasteiger partial charge in [0.1, 0.15) is 0 Å². The third-order valence-corrected chi connectivity index (χ3v) is 4.49. The van der Waals surface area contributed by atoms with Crippen LogP contribution >= 0.6 is 0 Å². The number of benzene rings is 1. The van der Waals surface area contributed by atoms with Crippen molar-refractivity contribution in [3.63, 3.8) is 0 Å². The molecule has 1 N–H and O–H groups in total. The first-order chi connectivity index (χ1) is 9.91. The van der Waals surface area contributed by atoms with Crippen LogP contribution in [0.4, 0.5) is 13.2 Å². The first kappa shape index (κ1) is 16.3. The Labute approximate surface area is 124 Å². The lowest BCUT2D eigenvalue weighted by Gasteiger charge is -2.36. The fourth-order valence-electron chi connectivity index (χ4n) is 3.23. The van der Waals surface area contributed by atoms with Gasteiger partial charge in [-0.3, -0.25) is 0 Å². The topological polar surface area (TPSA) is 12.0 Å². The Morgan fingerprint density at radius 1 is 1.14 bits per heavy atom. The van der Waals surface area contributed by atoms with Gasteiger partial charge in [-0.15, -0.1) is 0 Å². The van der Waals surface area contributed by atoms with Gasteiger partial charge in [-0.05, 0) is 31.7 Å². The van der Waals surface area contributed by atoms with Gasteiger partial charge in [0.2, 0.25) is 0 Å². The average molecular weight is 299 g/mol. The summed E-state index contributed by atoms with van der Waals surface area (Å²) >= 11 is 0. The van der Waals surface area contributed by atoms with E-state index in [1.165, 1.54) is 5.56 Å². The minimum atomic E-state index is -4.09. The molecular weight excluding hydrogens is 275 g/mol. The number of hydrogen-bond donors (Lipinski definition) is 1. The van der Waals surface area contributed by atoms with E-state index in [0.29, 0.717) is 12.8 Å². The zero-order valence-corrected chi connectivity index (χ0v) is 12.7. The molecule has 1 nitrogen and oxygen atoms in total. The van der Waals surface area contributed by atoms with Gasteiger partial charge in [-0.2, -0.15) is 13.2 Å². The largest absolute Gasteiger partial charge is 0.393 e. The molecule has 1 aliphatic rings. The summed E-state index contributed by atoms with van der Waals surface area (Å²) in [6.07, 6.45) is -0.857. The number of nitrogens with one attached hydrogen (secondary N) is 1. The molecule has 21 heavy (non-hydrogen) atoms. The zero-order chi connectivity index (χ0) is 15.5. The minimum absolute atomic E-state index is 0.00134. The summed E-state index contributed by atoms with van der Waals surface area (Å²) < 4.78 is 39.5. The normalized spacial score (nSPS) is 24.8. The summed E-state index contributed by atoms with van der Waals surface area (Å²) in [5.41, 5.74) is 2.24. The maximum Gasteiger partial charge on any atom is 0.393 e. The average Bonchev–Trinajstić information content (AvgIpc) is 2.45. The molecule has 0 amide bonds. The van der Waals surface area contributed by atoms with Crippen LogP contribution in [-0.2, 0) is 0 Å². The second kappa shape index (κ2) is 6.82. The Morgan fingerprint density at radius 3 is 2.33 bits per heavy atom. The fourth-order valence-corrected chi connectivity index (χ4v) is 3.23. The zero-order valence-electron chi connectivity index (χ0n) is 12.7. The minimum Gasteiger partial charge on any atom is -0.307 e. The van der Waals surface area contributed by atoms with E-state index in [2.05, 4.69) is 5.32 Å². The van der Waals surface area contributed by atoms with E-state index < -0.39 is 18.1 Å². The molecule has 4 heteroatoms. The molecule has 0 heterocycles. The van der Waals surface area contributed by atoms with Crippen LogP contribution in [-0.4, -0.2) is 12.2 Å². The molecule has 0 saturated heterocycles. The Kier molecular flexibility index (Phi) is 5.31. The third kappa shape index (κ3) is 4.22. The van der Waals surface area contributed by atoms with Crippen LogP contribution in [0.25, 0.3) is 0 Å². The predicted molar refractivity (Wildman–Crippen MR) is 79.1 cm³/mol. The molecule has 0 spiro atoms. The van der Waals surface area contributed by atoms with Crippen LogP contribution in [0.5, 0.6) is 0 Å².